The first-order valence-corrected chi connectivity index (χ1v) is 15.1. The minimum Gasteiger partial charge on any atom is -0.481 e. The lowest BCUT2D eigenvalue weighted by molar-refractivity contribution is -0.150. The van der Waals surface area contributed by atoms with Gasteiger partial charge in [-0.1, -0.05) is 78.7 Å². The van der Waals surface area contributed by atoms with E-state index in [1.165, 1.54) is 20.8 Å². The first kappa shape index (κ1) is 35.5. The molecule has 0 heterocycles. The highest BCUT2D eigenvalue weighted by molar-refractivity contribution is 9.10. The van der Waals surface area contributed by atoms with Crippen molar-refractivity contribution in [3.63, 3.8) is 0 Å². The predicted molar refractivity (Wildman–Crippen MR) is 166 cm³/mol. The number of ketones is 3. The van der Waals surface area contributed by atoms with Gasteiger partial charge in [0.1, 0.15) is 5.78 Å². The van der Waals surface area contributed by atoms with E-state index in [4.69, 9.17) is 0 Å². The number of carbonyl (C=O) groups excluding carboxylic acids is 5. The largest absolute Gasteiger partial charge is 0.481 e. The van der Waals surface area contributed by atoms with Crippen LogP contribution >= 0.6 is 15.9 Å². The Bertz CT molecular complexity index is 1310. The van der Waals surface area contributed by atoms with Gasteiger partial charge in [-0.05, 0) is 56.4 Å². The van der Waals surface area contributed by atoms with Crippen molar-refractivity contribution in [1.29, 1.82) is 0 Å². The van der Waals surface area contributed by atoms with Gasteiger partial charge in [-0.2, -0.15) is 0 Å². The van der Waals surface area contributed by atoms with Gasteiger partial charge in [0.05, 0.1) is 17.5 Å². The Morgan fingerprint density at radius 1 is 0.884 bits per heavy atom. The first-order valence-electron chi connectivity index (χ1n) is 14.4. The molecule has 2 unspecified atom stereocenters. The number of Topliss-reactive ketones (excluding diaryl/α,β-unsaturated/α-hetero) is 3. The number of halogens is 1. The Balaban J connectivity index is 2.15. The molecule has 10 heteroatoms. The molecule has 0 aromatic heterocycles. The molecule has 0 spiro atoms. The van der Waals surface area contributed by atoms with Crippen LogP contribution in [0.3, 0.4) is 0 Å². The van der Waals surface area contributed by atoms with Crippen LogP contribution in [0.15, 0.2) is 59.1 Å². The third-order valence-electron chi connectivity index (χ3n) is 7.50. The van der Waals surface area contributed by atoms with Gasteiger partial charge in [-0.25, -0.2) is 0 Å². The SMILES string of the molecule is CC[C@H](C)C(NC(=O)C(=O)C(C)NC(=O)[C@@H](CC(=O)Cc1ccccc1)Cc1ccc(Br)cc1)C(=O)CC(C)(C)C(=O)O. The molecule has 9 nitrogen and oxygen atoms in total. The molecule has 2 rings (SSSR count). The summed E-state index contributed by atoms with van der Waals surface area (Å²) in [6.07, 6.45) is 0.516. The average molecular weight is 658 g/mol. The van der Waals surface area contributed by atoms with Crippen molar-refractivity contribution in [3.05, 3.63) is 70.2 Å². The number of rotatable bonds is 17. The Kier molecular flexibility index (Phi) is 13.4. The summed E-state index contributed by atoms with van der Waals surface area (Å²) in [5.74, 6) is -5.48. The number of aliphatic carboxylic acids is 1. The van der Waals surface area contributed by atoms with Gasteiger partial charge < -0.3 is 15.7 Å². The topological polar surface area (TPSA) is 147 Å². The molecule has 0 radical (unpaired) electrons. The second kappa shape index (κ2) is 16.3. The van der Waals surface area contributed by atoms with Crippen molar-refractivity contribution >= 4 is 51.1 Å². The second-order valence-corrected chi connectivity index (χ2v) is 12.6. The normalized spacial score (nSPS) is 14.1. The van der Waals surface area contributed by atoms with Crippen LogP contribution in [-0.2, 0) is 41.6 Å². The fraction of sp³-hybridized carbons (Fsp3) is 0.455. The average Bonchev–Trinajstić information content (AvgIpc) is 2.95. The maximum absolute atomic E-state index is 13.4. The van der Waals surface area contributed by atoms with Crippen molar-refractivity contribution < 1.29 is 33.9 Å². The molecule has 2 aromatic rings. The molecular formula is C33H41BrN2O7. The maximum Gasteiger partial charge on any atom is 0.309 e. The van der Waals surface area contributed by atoms with E-state index in [2.05, 4.69) is 26.6 Å². The van der Waals surface area contributed by atoms with Crippen molar-refractivity contribution in [2.24, 2.45) is 17.3 Å². The molecule has 0 aliphatic carbocycles. The molecule has 0 saturated heterocycles. The van der Waals surface area contributed by atoms with Crippen molar-refractivity contribution in [2.75, 3.05) is 0 Å². The quantitative estimate of drug-likeness (QED) is 0.213. The van der Waals surface area contributed by atoms with E-state index >= 15 is 0 Å². The first-order chi connectivity index (χ1) is 20.1. The van der Waals surface area contributed by atoms with Crippen molar-refractivity contribution in [1.82, 2.24) is 10.6 Å². The zero-order valence-electron chi connectivity index (χ0n) is 25.3. The van der Waals surface area contributed by atoms with Crippen LogP contribution < -0.4 is 10.6 Å². The smallest absolute Gasteiger partial charge is 0.309 e. The molecule has 0 saturated carbocycles. The molecule has 43 heavy (non-hydrogen) atoms. The molecule has 2 aromatic carbocycles. The van der Waals surface area contributed by atoms with Crippen LogP contribution in [0, 0.1) is 17.3 Å². The number of hydrogen-bond donors (Lipinski definition) is 3. The number of carboxylic acids is 1. The molecule has 2 amide bonds. The Morgan fingerprint density at radius 2 is 1.49 bits per heavy atom. The number of hydrogen-bond acceptors (Lipinski definition) is 6. The van der Waals surface area contributed by atoms with Gasteiger partial charge >= 0.3 is 5.97 Å². The van der Waals surface area contributed by atoms with E-state index in [9.17, 15) is 33.9 Å². The summed E-state index contributed by atoms with van der Waals surface area (Å²) in [4.78, 5) is 76.8. The third kappa shape index (κ3) is 11.2. The molecule has 0 aliphatic rings. The Hall–Kier alpha value is -3.66. The summed E-state index contributed by atoms with van der Waals surface area (Å²) in [5, 5.41) is 14.5. The van der Waals surface area contributed by atoms with Gasteiger partial charge in [-0.3, -0.25) is 28.8 Å². The summed E-state index contributed by atoms with van der Waals surface area (Å²) in [5.41, 5.74) is 0.306. The number of benzene rings is 2. The van der Waals surface area contributed by atoms with E-state index in [-0.39, 0.29) is 37.4 Å². The molecular weight excluding hydrogens is 616 g/mol. The second-order valence-electron chi connectivity index (χ2n) is 11.7. The summed E-state index contributed by atoms with van der Waals surface area (Å²) in [6, 6.07) is 14.2. The standard InChI is InChI=1S/C33H41BrN2O7/c1-6-20(2)28(27(38)19-33(4,5)32(42)43)36-31(41)29(39)21(3)35-30(40)24(16-23-12-14-25(34)15-13-23)18-26(37)17-22-10-8-7-9-11-22/h7-15,20-21,24,28H,6,16-19H2,1-5H3,(H,35,40)(H,36,41)(H,42,43)/t20-,21?,24+,28?/m0/s1. The zero-order chi connectivity index (χ0) is 32.3. The molecule has 232 valence electrons. The van der Waals surface area contributed by atoms with E-state index < -0.39 is 52.8 Å². The zero-order valence-corrected chi connectivity index (χ0v) is 26.9. The van der Waals surface area contributed by atoms with Gasteiger partial charge in [0.25, 0.3) is 5.91 Å². The van der Waals surface area contributed by atoms with E-state index in [0.29, 0.717) is 6.42 Å². The van der Waals surface area contributed by atoms with Crippen LogP contribution in [0.5, 0.6) is 0 Å². The summed E-state index contributed by atoms with van der Waals surface area (Å²) in [7, 11) is 0. The molecule has 3 N–H and O–H groups in total. The lowest BCUT2D eigenvalue weighted by Crippen LogP contribution is -2.53. The van der Waals surface area contributed by atoms with Gasteiger partial charge in [0.2, 0.25) is 11.7 Å². The maximum atomic E-state index is 13.4. The van der Waals surface area contributed by atoms with Gasteiger partial charge in [0, 0.05) is 29.7 Å². The summed E-state index contributed by atoms with van der Waals surface area (Å²) < 4.78 is 0.864. The van der Waals surface area contributed by atoms with Crippen LogP contribution in [-0.4, -0.2) is 52.3 Å². The fourth-order valence-corrected chi connectivity index (χ4v) is 4.80. The van der Waals surface area contributed by atoms with Crippen LogP contribution in [0.25, 0.3) is 0 Å². The number of amides is 2. The highest BCUT2D eigenvalue weighted by Crippen LogP contribution is 2.24. The highest BCUT2D eigenvalue weighted by atomic mass is 79.9. The number of nitrogens with one attached hydrogen (secondary N) is 2. The van der Waals surface area contributed by atoms with Gasteiger partial charge in [0.15, 0.2) is 5.78 Å². The molecule has 4 atom stereocenters. The highest BCUT2D eigenvalue weighted by Gasteiger charge is 2.37. The fourth-order valence-electron chi connectivity index (χ4n) is 4.54. The van der Waals surface area contributed by atoms with E-state index in [1.54, 1.807) is 6.92 Å². The van der Waals surface area contributed by atoms with E-state index in [1.807, 2.05) is 61.5 Å². The summed E-state index contributed by atoms with van der Waals surface area (Å²) >= 11 is 3.38. The van der Waals surface area contributed by atoms with Crippen LogP contribution in [0.4, 0.5) is 0 Å². The number of carboxylic acid groups (broad SMARTS) is 1. The monoisotopic (exact) mass is 656 g/mol. The van der Waals surface area contributed by atoms with E-state index in [0.717, 1.165) is 15.6 Å². The number of carbonyl (C=O) groups is 6. The van der Waals surface area contributed by atoms with Crippen LogP contribution in [0.1, 0.15) is 65.0 Å². The predicted octanol–water partition coefficient (Wildman–Crippen LogP) is 4.48. The summed E-state index contributed by atoms with van der Waals surface area (Å²) in [6.45, 7) is 7.75. The molecule has 0 fully saturated rings. The lowest BCUT2D eigenvalue weighted by Gasteiger charge is -2.27. The Labute approximate surface area is 261 Å². The minimum absolute atomic E-state index is 0.0617. The lowest BCUT2D eigenvalue weighted by atomic mass is 9.82. The third-order valence-corrected chi connectivity index (χ3v) is 8.03. The van der Waals surface area contributed by atoms with Crippen molar-refractivity contribution in [3.8, 4) is 0 Å². The van der Waals surface area contributed by atoms with Gasteiger partial charge in [-0.15, -0.1) is 0 Å². The van der Waals surface area contributed by atoms with Crippen LogP contribution in [0.2, 0.25) is 0 Å². The molecule has 0 aliphatic heterocycles. The molecule has 0 bridgehead atoms. The Morgan fingerprint density at radius 3 is 2.05 bits per heavy atom. The minimum atomic E-state index is -1.35. The van der Waals surface area contributed by atoms with Crippen molar-refractivity contribution in [2.45, 2.75) is 78.8 Å².